The van der Waals surface area contributed by atoms with Gasteiger partial charge in [0.05, 0.1) is 13.7 Å². The summed E-state index contributed by atoms with van der Waals surface area (Å²) in [6, 6.07) is 5.15. The third kappa shape index (κ3) is 3.96. The van der Waals surface area contributed by atoms with E-state index in [9.17, 15) is 0 Å². The highest BCUT2D eigenvalue weighted by Crippen LogP contribution is 2.28. The van der Waals surface area contributed by atoms with Gasteiger partial charge < -0.3 is 25.1 Å². The van der Waals surface area contributed by atoms with Crippen LogP contribution in [0.3, 0.4) is 0 Å². The van der Waals surface area contributed by atoms with E-state index in [1.54, 1.807) is 32.2 Å². The summed E-state index contributed by atoms with van der Waals surface area (Å²) in [5, 5.41) is 8.87. The number of anilines is 1. The first kappa shape index (κ1) is 12.6. The van der Waals surface area contributed by atoms with Crippen LogP contribution in [0, 0.1) is 0 Å². The zero-order chi connectivity index (χ0) is 12.0. The van der Waals surface area contributed by atoms with Crippen molar-refractivity contribution in [3.63, 3.8) is 0 Å². The summed E-state index contributed by atoms with van der Waals surface area (Å²) in [7, 11) is 1.55. The Morgan fingerprint density at radius 3 is 2.69 bits per heavy atom. The van der Waals surface area contributed by atoms with E-state index in [4.69, 9.17) is 25.1 Å². The maximum Gasteiger partial charge on any atom is 0.162 e. The lowest BCUT2D eigenvalue weighted by molar-refractivity contribution is -0.0914. The summed E-state index contributed by atoms with van der Waals surface area (Å²) < 4.78 is 15.5. The molecule has 90 valence electrons. The lowest BCUT2D eigenvalue weighted by atomic mass is 10.3. The molecule has 1 aromatic rings. The van der Waals surface area contributed by atoms with Crippen LogP contribution in [0.5, 0.6) is 11.5 Å². The molecule has 0 aromatic heterocycles. The van der Waals surface area contributed by atoms with Crippen LogP contribution in [0.4, 0.5) is 5.69 Å². The van der Waals surface area contributed by atoms with Crippen molar-refractivity contribution in [1.82, 2.24) is 0 Å². The van der Waals surface area contributed by atoms with Crippen molar-refractivity contribution >= 4 is 5.69 Å². The number of benzene rings is 1. The Bertz CT molecular complexity index is 328. The van der Waals surface area contributed by atoms with Gasteiger partial charge in [0, 0.05) is 11.8 Å². The van der Waals surface area contributed by atoms with Crippen LogP contribution in [0.2, 0.25) is 0 Å². The first-order chi connectivity index (χ1) is 7.63. The maximum absolute atomic E-state index is 8.87. The lowest BCUT2D eigenvalue weighted by Gasteiger charge is -2.12. The summed E-state index contributed by atoms with van der Waals surface area (Å²) >= 11 is 0. The number of methoxy groups -OCH3 is 1. The van der Waals surface area contributed by atoms with Crippen molar-refractivity contribution in [3.05, 3.63) is 18.2 Å². The van der Waals surface area contributed by atoms with Gasteiger partial charge >= 0.3 is 0 Å². The molecule has 1 unspecified atom stereocenters. The van der Waals surface area contributed by atoms with Crippen LogP contribution in [-0.2, 0) is 4.74 Å². The SMILES string of the molecule is COc1cc(N)ccc1OCCOC(C)O. The van der Waals surface area contributed by atoms with Gasteiger partial charge in [-0.3, -0.25) is 0 Å². The Morgan fingerprint density at radius 1 is 1.31 bits per heavy atom. The molecule has 5 heteroatoms. The summed E-state index contributed by atoms with van der Waals surface area (Å²) in [6.45, 7) is 2.19. The van der Waals surface area contributed by atoms with Crippen molar-refractivity contribution < 1.29 is 19.3 Å². The van der Waals surface area contributed by atoms with Crippen molar-refractivity contribution in [3.8, 4) is 11.5 Å². The van der Waals surface area contributed by atoms with E-state index in [0.29, 0.717) is 30.4 Å². The summed E-state index contributed by atoms with van der Waals surface area (Å²) in [5.74, 6) is 1.18. The summed E-state index contributed by atoms with van der Waals surface area (Å²) in [4.78, 5) is 0. The smallest absolute Gasteiger partial charge is 0.162 e. The molecule has 0 aliphatic heterocycles. The number of nitrogens with two attached hydrogens (primary N) is 1. The van der Waals surface area contributed by atoms with E-state index in [-0.39, 0.29) is 0 Å². The fourth-order valence-electron chi connectivity index (χ4n) is 1.17. The number of aliphatic hydroxyl groups is 1. The van der Waals surface area contributed by atoms with Crippen molar-refractivity contribution in [2.45, 2.75) is 13.2 Å². The van der Waals surface area contributed by atoms with Crippen molar-refractivity contribution in [2.24, 2.45) is 0 Å². The molecule has 0 aliphatic carbocycles. The fraction of sp³-hybridized carbons (Fsp3) is 0.455. The van der Waals surface area contributed by atoms with Gasteiger partial charge in [-0.2, -0.15) is 0 Å². The molecule has 1 atom stereocenters. The number of ether oxygens (including phenoxy) is 3. The fourth-order valence-corrected chi connectivity index (χ4v) is 1.17. The van der Waals surface area contributed by atoms with Gasteiger partial charge in [-0.15, -0.1) is 0 Å². The zero-order valence-corrected chi connectivity index (χ0v) is 9.47. The number of rotatable bonds is 6. The topological polar surface area (TPSA) is 73.9 Å². The van der Waals surface area contributed by atoms with E-state index < -0.39 is 6.29 Å². The number of hydrogen-bond donors (Lipinski definition) is 2. The molecule has 5 nitrogen and oxygen atoms in total. The quantitative estimate of drug-likeness (QED) is 0.431. The van der Waals surface area contributed by atoms with Crippen LogP contribution in [0.1, 0.15) is 6.92 Å². The molecule has 0 aliphatic rings. The molecule has 1 rings (SSSR count). The predicted molar refractivity (Wildman–Crippen MR) is 60.5 cm³/mol. The highest BCUT2D eigenvalue weighted by atomic mass is 16.6. The van der Waals surface area contributed by atoms with E-state index in [1.165, 1.54) is 0 Å². The Labute approximate surface area is 94.7 Å². The minimum absolute atomic E-state index is 0.311. The maximum atomic E-state index is 8.87. The largest absolute Gasteiger partial charge is 0.493 e. The van der Waals surface area contributed by atoms with E-state index >= 15 is 0 Å². The van der Waals surface area contributed by atoms with Crippen molar-refractivity contribution in [2.75, 3.05) is 26.1 Å². The molecule has 0 heterocycles. The Morgan fingerprint density at radius 2 is 2.06 bits per heavy atom. The molecule has 0 saturated carbocycles. The first-order valence-corrected chi connectivity index (χ1v) is 4.99. The van der Waals surface area contributed by atoms with Crippen LogP contribution in [0.15, 0.2) is 18.2 Å². The van der Waals surface area contributed by atoms with Crippen LogP contribution >= 0.6 is 0 Å². The molecule has 3 N–H and O–H groups in total. The Hall–Kier alpha value is -1.46. The average Bonchev–Trinajstić information content (AvgIpc) is 2.25. The van der Waals surface area contributed by atoms with E-state index in [2.05, 4.69) is 0 Å². The van der Waals surface area contributed by atoms with Crippen LogP contribution in [0.25, 0.3) is 0 Å². The van der Waals surface area contributed by atoms with Gasteiger partial charge in [-0.25, -0.2) is 0 Å². The standard InChI is InChI=1S/C11H17NO4/c1-8(13)15-5-6-16-10-4-3-9(12)7-11(10)14-2/h3-4,7-8,13H,5-6,12H2,1-2H3. The third-order valence-electron chi connectivity index (χ3n) is 1.89. The lowest BCUT2D eigenvalue weighted by Crippen LogP contribution is -2.13. The van der Waals surface area contributed by atoms with Crippen molar-refractivity contribution in [1.29, 1.82) is 0 Å². The normalized spacial score (nSPS) is 12.2. The minimum atomic E-state index is -0.781. The summed E-state index contributed by atoms with van der Waals surface area (Å²) in [5.41, 5.74) is 6.22. The van der Waals surface area contributed by atoms with Gasteiger partial charge in [-0.1, -0.05) is 0 Å². The van der Waals surface area contributed by atoms with Gasteiger partial charge in [0.25, 0.3) is 0 Å². The Balaban J connectivity index is 2.47. The molecular weight excluding hydrogens is 210 g/mol. The third-order valence-corrected chi connectivity index (χ3v) is 1.89. The predicted octanol–water partition coefficient (Wildman–Crippen LogP) is 1.01. The molecule has 0 fully saturated rings. The molecule has 0 bridgehead atoms. The van der Waals surface area contributed by atoms with Gasteiger partial charge in [0.1, 0.15) is 6.61 Å². The minimum Gasteiger partial charge on any atom is -0.493 e. The van der Waals surface area contributed by atoms with Crippen LogP contribution in [-0.4, -0.2) is 31.7 Å². The van der Waals surface area contributed by atoms with Gasteiger partial charge in [-0.05, 0) is 19.1 Å². The highest BCUT2D eigenvalue weighted by molar-refractivity contribution is 5.51. The summed E-state index contributed by atoms with van der Waals surface area (Å²) in [6.07, 6.45) is -0.781. The second kappa shape index (κ2) is 6.19. The van der Waals surface area contributed by atoms with Crippen LogP contribution < -0.4 is 15.2 Å². The zero-order valence-electron chi connectivity index (χ0n) is 9.47. The molecule has 0 saturated heterocycles. The van der Waals surface area contributed by atoms with E-state index in [0.717, 1.165) is 0 Å². The molecule has 0 spiro atoms. The number of aliphatic hydroxyl groups excluding tert-OH is 1. The number of hydrogen-bond acceptors (Lipinski definition) is 5. The van der Waals surface area contributed by atoms with Gasteiger partial charge in [0.15, 0.2) is 17.8 Å². The average molecular weight is 227 g/mol. The highest BCUT2D eigenvalue weighted by Gasteiger charge is 2.04. The molecule has 16 heavy (non-hydrogen) atoms. The number of nitrogen functional groups attached to an aromatic ring is 1. The first-order valence-electron chi connectivity index (χ1n) is 4.99. The molecule has 1 aromatic carbocycles. The molecule has 0 radical (unpaired) electrons. The molecule has 0 amide bonds. The second-order valence-electron chi connectivity index (χ2n) is 3.23. The Kier molecular flexibility index (Phi) is 4.88. The second-order valence-corrected chi connectivity index (χ2v) is 3.23. The van der Waals surface area contributed by atoms with E-state index in [1.807, 2.05) is 0 Å². The van der Waals surface area contributed by atoms with Gasteiger partial charge in [0.2, 0.25) is 0 Å². The monoisotopic (exact) mass is 227 g/mol. The molecular formula is C11H17NO4.